The molecule has 5 heteroatoms. The Morgan fingerprint density at radius 2 is 2.05 bits per heavy atom. The molecule has 0 spiro atoms. The lowest BCUT2D eigenvalue weighted by atomic mass is 10.2. The minimum atomic E-state index is -0.243. The molecule has 0 aliphatic carbocycles. The Morgan fingerprint density at radius 3 is 2.68 bits per heavy atom. The number of rotatable bonds is 6. The van der Waals surface area contributed by atoms with Crippen LogP contribution in [0.25, 0.3) is 0 Å². The summed E-state index contributed by atoms with van der Waals surface area (Å²) in [5.74, 6) is -0.437. The molecule has 1 rings (SSSR count). The SMILES string of the molecule is CCCCNC(=O)c1cc(C(=O)NC(C)C)ccn1. The zero-order chi connectivity index (χ0) is 14.3. The van der Waals surface area contributed by atoms with Gasteiger partial charge in [-0.1, -0.05) is 13.3 Å². The van der Waals surface area contributed by atoms with Crippen LogP contribution in [0.2, 0.25) is 0 Å². The predicted octanol–water partition coefficient (Wildman–Crippen LogP) is 1.75. The highest BCUT2D eigenvalue weighted by atomic mass is 16.2. The highest BCUT2D eigenvalue weighted by molar-refractivity contribution is 5.98. The molecule has 19 heavy (non-hydrogen) atoms. The number of nitrogens with one attached hydrogen (secondary N) is 2. The third kappa shape index (κ3) is 5.07. The van der Waals surface area contributed by atoms with Gasteiger partial charge in [-0.05, 0) is 32.4 Å². The number of amides is 2. The van der Waals surface area contributed by atoms with Gasteiger partial charge < -0.3 is 10.6 Å². The molecule has 2 N–H and O–H groups in total. The lowest BCUT2D eigenvalue weighted by Crippen LogP contribution is -2.31. The van der Waals surface area contributed by atoms with Crippen LogP contribution in [-0.4, -0.2) is 29.4 Å². The number of carbonyl (C=O) groups is 2. The first-order valence-electron chi connectivity index (χ1n) is 6.59. The Bertz CT molecular complexity index is 444. The molecular weight excluding hydrogens is 242 g/mol. The average Bonchev–Trinajstić information content (AvgIpc) is 2.38. The monoisotopic (exact) mass is 263 g/mol. The van der Waals surface area contributed by atoms with Gasteiger partial charge in [-0.15, -0.1) is 0 Å². The van der Waals surface area contributed by atoms with Crippen LogP contribution in [0.5, 0.6) is 0 Å². The minimum Gasteiger partial charge on any atom is -0.351 e. The van der Waals surface area contributed by atoms with Gasteiger partial charge in [0.25, 0.3) is 11.8 Å². The Morgan fingerprint density at radius 1 is 1.32 bits per heavy atom. The predicted molar refractivity (Wildman–Crippen MR) is 74.1 cm³/mol. The van der Waals surface area contributed by atoms with Crippen LogP contribution in [0.3, 0.4) is 0 Å². The fourth-order valence-electron chi connectivity index (χ4n) is 1.51. The summed E-state index contributed by atoms with van der Waals surface area (Å²) in [6, 6.07) is 3.17. The van der Waals surface area contributed by atoms with Gasteiger partial charge >= 0.3 is 0 Å². The summed E-state index contributed by atoms with van der Waals surface area (Å²) in [6.07, 6.45) is 3.42. The molecule has 0 radical (unpaired) electrons. The summed E-state index contributed by atoms with van der Waals surface area (Å²) in [7, 11) is 0. The van der Waals surface area contributed by atoms with Gasteiger partial charge in [0.1, 0.15) is 5.69 Å². The van der Waals surface area contributed by atoms with Gasteiger partial charge in [0.15, 0.2) is 0 Å². The van der Waals surface area contributed by atoms with Gasteiger partial charge in [-0.25, -0.2) is 0 Å². The molecule has 0 aliphatic heterocycles. The van der Waals surface area contributed by atoms with Gasteiger partial charge in [0.05, 0.1) is 0 Å². The lowest BCUT2D eigenvalue weighted by molar-refractivity contribution is 0.0943. The number of pyridine rings is 1. The van der Waals surface area contributed by atoms with E-state index in [9.17, 15) is 9.59 Å². The van der Waals surface area contributed by atoms with E-state index >= 15 is 0 Å². The number of carbonyl (C=O) groups excluding carboxylic acids is 2. The molecule has 0 saturated carbocycles. The largest absolute Gasteiger partial charge is 0.351 e. The number of hydrogen-bond acceptors (Lipinski definition) is 3. The maximum absolute atomic E-state index is 11.8. The number of unbranched alkanes of at least 4 members (excludes halogenated alkanes) is 1. The third-order valence-corrected chi connectivity index (χ3v) is 2.49. The van der Waals surface area contributed by atoms with Crippen molar-refractivity contribution in [1.29, 1.82) is 0 Å². The first kappa shape index (κ1) is 15.1. The molecular formula is C14H21N3O2. The molecule has 104 valence electrons. The van der Waals surface area contributed by atoms with Crippen molar-refractivity contribution in [2.24, 2.45) is 0 Å². The molecule has 0 unspecified atom stereocenters. The number of aromatic nitrogens is 1. The van der Waals surface area contributed by atoms with E-state index in [0.29, 0.717) is 12.1 Å². The smallest absolute Gasteiger partial charge is 0.269 e. The van der Waals surface area contributed by atoms with E-state index in [1.807, 2.05) is 13.8 Å². The second-order valence-electron chi connectivity index (χ2n) is 4.67. The second kappa shape index (κ2) is 7.51. The summed E-state index contributed by atoms with van der Waals surface area (Å²) in [6.45, 7) is 6.45. The summed E-state index contributed by atoms with van der Waals surface area (Å²) in [4.78, 5) is 27.6. The lowest BCUT2D eigenvalue weighted by Gasteiger charge is -2.09. The number of nitrogens with zero attached hydrogens (tertiary/aromatic N) is 1. The van der Waals surface area contributed by atoms with Crippen LogP contribution in [0, 0.1) is 0 Å². The zero-order valence-electron chi connectivity index (χ0n) is 11.7. The summed E-state index contributed by atoms with van der Waals surface area (Å²) in [5, 5.41) is 5.55. The van der Waals surface area contributed by atoms with E-state index < -0.39 is 0 Å². The molecule has 0 atom stereocenters. The van der Waals surface area contributed by atoms with Crippen molar-refractivity contribution < 1.29 is 9.59 Å². The second-order valence-corrected chi connectivity index (χ2v) is 4.67. The van der Waals surface area contributed by atoms with Crippen molar-refractivity contribution in [1.82, 2.24) is 15.6 Å². The van der Waals surface area contributed by atoms with E-state index in [-0.39, 0.29) is 23.6 Å². The Labute approximate surface area is 113 Å². The molecule has 1 heterocycles. The maximum atomic E-state index is 11.8. The average molecular weight is 263 g/mol. The standard InChI is InChI=1S/C14H21N3O2/c1-4-5-7-16-14(19)12-9-11(6-8-15-12)13(18)17-10(2)3/h6,8-10H,4-5,7H2,1-3H3,(H,16,19)(H,17,18). The highest BCUT2D eigenvalue weighted by Crippen LogP contribution is 2.03. The van der Waals surface area contributed by atoms with Crippen LogP contribution in [0.4, 0.5) is 0 Å². The van der Waals surface area contributed by atoms with Crippen molar-refractivity contribution in [3.63, 3.8) is 0 Å². The molecule has 1 aromatic heterocycles. The van der Waals surface area contributed by atoms with Crippen LogP contribution in [0.1, 0.15) is 54.5 Å². The first-order chi connectivity index (χ1) is 9.04. The molecule has 2 amide bonds. The fraction of sp³-hybridized carbons (Fsp3) is 0.500. The minimum absolute atomic E-state index is 0.0579. The summed E-state index contributed by atoms with van der Waals surface area (Å²) < 4.78 is 0. The molecule has 1 aromatic rings. The molecule has 0 aliphatic rings. The molecule has 0 saturated heterocycles. The quantitative estimate of drug-likeness (QED) is 0.768. The highest BCUT2D eigenvalue weighted by Gasteiger charge is 2.11. The summed E-state index contributed by atoms with van der Waals surface area (Å²) in [5.41, 5.74) is 0.719. The van der Waals surface area contributed by atoms with Crippen LogP contribution >= 0.6 is 0 Å². The molecule has 5 nitrogen and oxygen atoms in total. The topological polar surface area (TPSA) is 71.1 Å². The van der Waals surface area contributed by atoms with Crippen molar-refractivity contribution in [2.45, 2.75) is 39.7 Å². The van der Waals surface area contributed by atoms with Crippen molar-refractivity contribution in [3.8, 4) is 0 Å². The third-order valence-electron chi connectivity index (χ3n) is 2.49. The Hall–Kier alpha value is -1.91. The van der Waals surface area contributed by atoms with E-state index in [2.05, 4.69) is 22.5 Å². The van der Waals surface area contributed by atoms with E-state index in [1.165, 1.54) is 12.3 Å². The molecule has 0 aromatic carbocycles. The van der Waals surface area contributed by atoms with Gasteiger partial charge in [0.2, 0.25) is 0 Å². The molecule has 0 fully saturated rings. The van der Waals surface area contributed by atoms with Crippen LogP contribution in [0.15, 0.2) is 18.3 Å². The first-order valence-corrected chi connectivity index (χ1v) is 6.59. The van der Waals surface area contributed by atoms with E-state index in [4.69, 9.17) is 0 Å². The van der Waals surface area contributed by atoms with Crippen molar-refractivity contribution in [2.75, 3.05) is 6.54 Å². The normalized spacial score (nSPS) is 10.3. The van der Waals surface area contributed by atoms with Crippen LogP contribution in [-0.2, 0) is 0 Å². The van der Waals surface area contributed by atoms with Crippen LogP contribution < -0.4 is 10.6 Å². The number of hydrogen-bond donors (Lipinski definition) is 2. The Kier molecular flexibility index (Phi) is 5.99. The van der Waals surface area contributed by atoms with Crippen molar-refractivity contribution in [3.05, 3.63) is 29.6 Å². The van der Waals surface area contributed by atoms with E-state index in [1.54, 1.807) is 6.07 Å². The molecule has 0 bridgehead atoms. The van der Waals surface area contributed by atoms with Crippen molar-refractivity contribution >= 4 is 11.8 Å². The maximum Gasteiger partial charge on any atom is 0.269 e. The Balaban J connectivity index is 2.71. The fourth-order valence-corrected chi connectivity index (χ4v) is 1.51. The van der Waals surface area contributed by atoms with Gasteiger partial charge in [-0.2, -0.15) is 0 Å². The van der Waals surface area contributed by atoms with E-state index in [0.717, 1.165) is 12.8 Å². The van der Waals surface area contributed by atoms with Gasteiger partial charge in [0, 0.05) is 24.3 Å². The zero-order valence-corrected chi connectivity index (χ0v) is 11.7. The summed E-state index contributed by atoms with van der Waals surface area (Å²) >= 11 is 0. The van der Waals surface area contributed by atoms with Gasteiger partial charge in [-0.3, -0.25) is 14.6 Å².